The molecule has 0 aliphatic rings. The number of aryl methyl sites for hydroxylation is 1. The van der Waals surface area contributed by atoms with E-state index in [4.69, 9.17) is 9.52 Å². The van der Waals surface area contributed by atoms with Gasteiger partial charge in [-0.25, -0.2) is 4.79 Å². The van der Waals surface area contributed by atoms with Crippen LogP contribution in [0.1, 0.15) is 21.7 Å². The number of hydrogen-bond acceptors (Lipinski definition) is 3. The summed E-state index contributed by atoms with van der Waals surface area (Å²) in [7, 11) is 1.92. The van der Waals surface area contributed by atoms with Crippen LogP contribution in [-0.2, 0) is 6.54 Å². The normalized spacial score (nSPS) is 10.5. The van der Waals surface area contributed by atoms with Crippen molar-refractivity contribution in [3.63, 3.8) is 0 Å². The second-order valence-corrected chi connectivity index (χ2v) is 5.28. The van der Waals surface area contributed by atoms with Crippen LogP contribution >= 0.6 is 15.9 Å². The van der Waals surface area contributed by atoms with Gasteiger partial charge in [0, 0.05) is 29.3 Å². The van der Waals surface area contributed by atoms with Crippen LogP contribution in [0.4, 0.5) is 5.69 Å². The Bertz CT molecular complexity index is 606. The van der Waals surface area contributed by atoms with Crippen molar-refractivity contribution < 1.29 is 14.3 Å². The smallest absolute Gasteiger partial charge is 0.372 e. The Balaban J connectivity index is 2.25. The molecule has 2 aromatic rings. The lowest BCUT2D eigenvalue weighted by Crippen LogP contribution is -2.18. The van der Waals surface area contributed by atoms with E-state index in [0.29, 0.717) is 12.1 Å². The van der Waals surface area contributed by atoms with Gasteiger partial charge in [-0.2, -0.15) is 0 Å². The molecule has 4 nitrogen and oxygen atoms in total. The number of hydrogen-bond donors (Lipinski definition) is 1. The maximum Gasteiger partial charge on any atom is 0.372 e. The molecule has 0 aliphatic heterocycles. The van der Waals surface area contributed by atoms with Gasteiger partial charge in [0.05, 0.1) is 6.26 Å². The fourth-order valence-corrected chi connectivity index (χ4v) is 2.33. The number of halogens is 1. The summed E-state index contributed by atoms with van der Waals surface area (Å²) in [6.45, 7) is 2.50. The molecule has 5 heteroatoms. The Labute approximate surface area is 119 Å². The molecule has 0 saturated carbocycles. The van der Waals surface area contributed by atoms with Gasteiger partial charge in [-0.05, 0) is 30.7 Å². The first-order valence-corrected chi connectivity index (χ1v) is 6.55. The van der Waals surface area contributed by atoms with Crippen molar-refractivity contribution in [3.8, 4) is 0 Å². The van der Waals surface area contributed by atoms with Crippen molar-refractivity contribution in [1.82, 2.24) is 0 Å². The van der Waals surface area contributed by atoms with Gasteiger partial charge >= 0.3 is 5.97 Å². The van der Waals surface area contributed by atoms with Crippen LogP contribution in [0.3, 0.4) is 0 Å². The molecule has 0 spiro atoms. The number of benzene rings is 1. The van der Waals surface area contributed by atoms with Crippen LogP contribution < -0.4 is 4.90 Å². The summed E-state index contributed by atoms with van der Waals surface area (Å²) in [5.74, 6) is -1.04. The van der Waals surface area contributed by atoms with Crippen molar-refractivity contribution >= 4 is 27.6 Å². The first-order valence-electron chi connectivity index (χ1n) is 5.76. The van der Waals surface area contributed by atoms with Gasteiger partial charge in [0.2, 0.25) is 5.76 Å². The molecule has 1 aromatic heterocycles. The van der Waals surface area contributed by atoms with E-state index < -0.39 is 5.97 Å². The lowest BCUT2D eigenvalue weighted by molar-refractivity contribution is 0.0661. The summed E-state index contributed by atoms with van der Waals surface area (Å²) in [5, 5.41) is 9.02. The second kappa shape index (κ2) is 5.48. The minimum absolute atomic E-state index is 0.000463. The number of nitrogens with zero attached hydrogens (tertiary/aromatic N) is 1. The van der Waals surface area contributed by atoms with Crippen molar-refractivity contribution in [1.29, 1.82) is 0 Å². The highest BCUT2D eigenvalue weighted by molar-refractivity contribution is 9.10. The predicted octanol–water partition coefficient (Wildman–Crippen LogP) is 3.69. The zero-order chi connectivity index (χ0) is 14.0. The molecular formula is C14H14BrNO3. The Morgan fingerprint density at radius 1 is 1.42 bits per heavy atom. The van der Waals surface area contributed by atoms with E-state index in [1.807, 2.05) is 37.1 Å². The van der Waals surface area contributed by atoms with Crippen molar-refractivity contribution in [2.75, 3.05) is 11.9 Å². The molecule has 0 radical (unpaired) electrons. The zero-order valence-corrected chi connectivity index (χ0v) is 12.3. The molecule has 1 N–H and O–H groups in total. The second-order valence-electron chi connectivity index (χ2n) is 4.37. The van der Waals surface area contributed by atoms with Crippen LogP contribution in [0.5, 0.6) is 0 Å². The highest BCUT2D eigenvalue weighted by atomic mass is 79.9. The minimum Gasteiger partial charge on any atom is -0.475 e. The number of carboxylic acids is 1. The van der Waals surface area contributed by atoms with E-state index in [2.05, 4.69) is 15.9 Å². The van der Waals surface area contributed by atoms with Gasteiger partial charge in [-0.1, -0.05) is 22.0 Å². The molecule has 0 amide bonds. The van der Waals surface area contributed by atoms with Gasteiger partial charge in [0.15, 0.2) is 0 Å². The number of furan rings is 1. The Hall–Kier alpha value is -1.75. The number of carbonyl (C=O) groups is 1. The van der Waals surface area contributed by atoms with Gasteiger partial charge in [0.25, 0.3) is 0 Å². The number of aromatic carboxylic acids is 1. The zero-order valence-electron chi connectivity index (χ0n) is 10.7. The Morgan fingerprint density at radius 2 is 2.16 bits per heavy atom. The van der Waals surface area contributed by atoms with Gasteiger partial charge in [-0.15, -0.1) is 0 Å². The van der Waals surface area contributed by atoms with E-state index in [1.54, 1.807) is 6.07 Å². The third kappa shape index (κ3) is 2.98. The van der Waals surface area contributed by atoms with E-state index in [0.717, 1.165) is 15.7 Å². The lowest BCUT2D eigenvalue weighted by Gasteiger charge is -2.21. The molecule has 1 aromatic carbocycles. The Morgan fingerprint density at radius 3 is 2.84 bits per heavy atom. The predicted molar refractivity (Wildman–Crippen MR) is 76.7 cm³/mol. The van der Waals surface area contributed by atoms with E-state index in [-0.39, 0.29) is 5.76 Å². The van der Waals surface area contributed by atoms with Gasteiger partial charge < -0.3 is 14.4 Å². The summed E-state index contributed by atoms with van der Waals surface area (Å²) >= 11 is 3.44. The largest absolute Gasteiger partial charge is 0.475 e. The number of rotatable bonds is 4. The molecule has 0 unspecified atom stereocenters. The van der Waals surface area contributed by atoms with Crippen LogP contribution in [-0.4, -0.2) is 18.1 Å². The maximum absolute atomic E-state index is 11.0. The standard InChI is InChI=1S/C14H14BrNO3/c1-9-3-4-11(15)7-12(9)16(2)8-10-5-6-19-13(10)14(17)18/h3-7H,8H2,1-2H3,(H,17,18). The minimum atomic E-state index is -1.04. The van der Waals surface area contributed by atoms with Crippen LogP contribution in [0.2, 0.25) is 0 Å². The van der Waals surface area contributed by atoms with Crippen molar-refractivity contribution in [3.05, 3.63) is 51.9 Å². The molecule has 1 heterocycles. The van der Waals surface area contributed by atoms with E-state index in [9.17, 15) is 4.79 Å². The number of anilines is 1. The van der Waals surface area contributed by atoms with Crippen LogP contribution in [0.15, 0.2) is 39.4 Å². The molecular weight excluding hydrogens is 310 g/mol. The molecule has 0 saturated heterocycles. The van der Waals surface area contributed by atoms with Crippen molar-refractivity contribution in [2.45, 2.75) is 13.5 Å². The van der Waals surface area contributed by atoms with E-state index in [1.165, 1.54) is 6.26 Å². The molecule has 0 atom stereocenters. The monoisotopic (exact) mass is 323 g/mol. The Kier molecular flexibility index (Phi) is 3.95. The highest BCUT2D eigenvalue weighted by Gasteiger charge is 2.16. The molecule has 100 valence electrons. The lowest BCUT2D eigenvalue weighted by atomic mass is 10.1. The number of carboxylic acid groups (broad SMARTS) is 1. The molecule has 0 aliphatic carbocycles. The molecule has 0 bridgehead atoms. The molecule has 19 heavy (non-hydrogen) atoms. The maximum atomic E-state index is 11.0. The summed E-state index contributed by atoms with van der Waals surface area (Å²) in [5.41, 5.74) is 2.84. The van der Waals surface area contributed by atoms with Gasteiger partial charge in [-0.3, -0.25) is 0 Å². The highest BCUT2D eigenvalue weighted by Crippen LogP contribution is 2.25. The summed E-state index contributed by atoms with van der Waals surface area (Å²) < 4.78 is 5.97. The summed E-state index contributed by atoms with van der Waals surface area (Å²) in [6.07, 6.45) is 1.40. The van der Waals surface area contributed by atoms with Crippen LogP contribution in [0.25, 0.3) is 0 Å². The van der Waals surface area contributed by atoms with Crippen molar-refractivity contribution in [2.24, 2.45) is 0 Å². The van der Waals surface area contributed by atoms with Gasteiger partial charge in [0.1, 0.15) is 0 Å². The average molecular weight is 324 g/mol. The summed E-state index contributed by atoms with van der Waals surface area (Å²) in [4.78, 5) is 13.0. The molecule has 2 rings (SSSR count). The fraction of sp³-hybridized carbons (Fsp3) is 0.214. The van der Waals surface area contributed by atoms with Crippen LogP contribution in [0, 0.1) is 6.92 Å². The topological polar surface area (TPSA) is 53.7 Å². The molecule has 0 fully saturated rings. The quantitative estimate of drug-likeness (QED) is 0.932. The summed E-state index contributed by atoms with van der Waals surface area (Å²) in [6, 6.07) is 7.69. The third-order valence-electron chi connectivity index (χ3n) is 2.93. The third-order valence-corrected chi connectivity index (χ3v) is 3.42. The van der Waals surface area contributed by atoms with E-state index >= 15 is 0 Å². The average Bonchev–Trinajstić information content (AvgIpc) is 2.80. The first kappa shape index (κ1) is 13.7. The fourth-order valence-electron chi connectivity index (χ4n) is 1.98. The SMILES string of the molecule is Cc1ccc(Br)cc1N(C)Cc1ccoc1C(=O)O. The first-order chi connectivity index (χ1) is 8.99.